The van der Waals surface area contributed by atoms with Gasteiger partial charge in [-0.05, 0) is 11.1 Å². The van der Waals surface area contributed by atoms with Crippen LogP contribution in [-0.2, 0) is 28.4 Å². The summed E-state index contributed by atoms with van der Waals surface area (Å²) in [5, 5.41) is 10.6. The Morgan fingerprint density at radius 3 is 1.97 bits per heavy atom. The van der Waals surface area contributed by atoms with E-state index in [2.05, 4.69) is 0 Å². The molecule has 0 aliphatic carbocycles. The summed E-state index contributed by atoms with van der Waals surface area (Å²) in [6.45, 7) is 0. The minimum atomic E-state index is -1.35. The zero-order valence-electron chi connectivity index (χ0n) is 17.2. The maximum absolute atomic E-state index is 12.8. The van der Waals surface area contributed by atoms with Gasteiger partial charge in [0, 0.05) is 28.2 Å². The maximum atomic E-state index is 12.8. The molecule has 162 valence electrons. The fourth-order valence-electron chi connectivity index (χ4n) is 4.07. The summed E-state index contributed by atoms with van der Waals surface area (Å²) in [5.41, 5.74) is -0.708. The number of carbonyl (C=O) groups is 3. The van der Waals surface area contributed by atoms with E-state index in [1.807, 2.05) is 0 Å². The quantitative estimate of drug-likeness (QED) is 0.645. The number of aromatic nitrogens is 2. The molecule has 4 amide bonds. The predicted octanol–water partition coefficient (Wildman–Crippen LogP) is -0.383. The number of carbonyl (C=O) groups excluding carboxylic acids is 3. The van der Waals surface area contributed by atoms with E-state index in [-0.39, 0.29) is 5.56 Å². The Morgan fingerprint density at radius 2 is 1.39 bits per heavy atom. The van der Waals surface area contributed by atoms with E-state index in [0.29, 0.717) is 11.1 Å². The van der Waals surface area contributed by atoms with Gasteiger partial charge >= 0.3 is 11.7 Å². The third-order valence-electron chi connectivity index (χ3n) is 5.87. The minimum absolute atomic E-state index is 0.187. The van der Waals surface area contributed by atoms with E-state index in [1.165, 1.54) is 28.2 Å². The van der Waals surface area contributed by atoms with Crippen molar-refractivity contribution in [2.24, 2.45) is 20.0 Å². The van der Waals surface area contributed by atoms with Gasteiger partial charge in [0.05, 0.1) is 0 Å². The van der Waals surface area contributed by atoms with Crippen molar-refractivity contribution in [2.75, 3.05) is 14.1 Å². The van der Waals surface area contributed by atoms with Crippen molar-refractivity contribution in [3.05, 3.63) is 61.8 Å². The number of ether oxygens (including phenoxy) is 1. The smallest absolute Gasteiger partial charge is 0.333 e. The third-order valence-corrected chi connectivity index (χ3v) is 5.87. The molecule has 1 fully saturated rings. The molecule has 0 bridgehead atoms. The first-order chi connectivity index (χ1) is 14.6. The first kappa shape index (κ1) is 20.5. The van der Waals surface area contributed by atoms with E-state index in [1.54, 1.807) is 24.3 Å². The largest absolute Gasteiger partial charge is 0.494 e. The summed E-state index contributed by atoms with van der Waals surface area (Å²) in [6.07, 6.45) is -2.22. The second kappa shape index (κ2) is 6.91. The fraction of sp³-hybridized carbons (Fsp3) is 0.350. The molecule has 1 saturated heterocycles. The summed E-state index contributed by atoms with van der Waals surface area (Å²) in [6, 6.07) is 5.93. The van der Waals surface area contributed by atoms with Gasteiger partial charge in [0.1, 0.15) is 23.7 Å². The van der Waals surface area contributed by atoms with Gasteiger partial charge in [0.2, 0.25) is 17.7 Å². The Morgan fingerprint density at radius 1 is 0.839 bits per heavy atom. The molecule has 1 aromatic carbocycles. The van der Waals surface area contributed by atoms with Crippen LogP contribution in [0.4, 0.5) is 4.79 Å². The predicted molar refractivity (Wildman–Crippen MR) is 105 cm³/mol. The second-order valence-electron chi connectivity index (χ2n) is 7.56. The van der Waals surface area contributed by atoms with Crippen molar-refractivity contribution in [1.29, 1.82) is 0 Å². The van der Waals surface area contributed by atoms with E-state index >= 15 is 0 Å². The standard InChI is InChI=1S/C20H20N4O7/c1-21-15(25)11(16(26)22(2)19(21)29)13-9-7-5-6-8-10(9)14(31-13)12-17(27)23(3)20(30)24(4)18(12)28/h5-8,11,13-14,27H,1-4H3. The summed E-state index contributed by atoms with van der Waals surface area (Å²) in [5.74, 6) is -3.38. The summed E-state index contributed by atoms with van der Waals surface area (Å²) in [4.78, 5) is 64.4. The highest BCUT2D eigenvalue weighted by molar-refractivity contribution is 6.16. The zero-order chi connectivity index (χ0) is 22.8. The molecule has 11 heteroatoms. The molecule has 0 radical (unpaired) electrons. The third kappa shape index (κ3) is 2.73. The van der Waals surface area contributed by atoms with Crippen LogP contribution >= 0.6 is 0 Å². The lowest BCUT2D eigenvalue weighted by atomic mass is 9.90. The minimum Gasteiger partial charge on any atom is -0.494 e. The molecule has 4 rings (SSSR count). The molecule has 3 heterocycles. The maximum Gasteiger partial charge on any atom is 0.333 e. The van der Waals surface area contributed by atoms with E-state index in [4.69, 9.17) is 4.74 Å². The molecular formula is C20H20N4O7. The second-order valence-corrected chi connectivity index (χ2v) is 7.56. The number of barbiturate groups is 1. The topological polar surface area (TPSA) is 131 Å². The van der Waals surface area contributed by atoms with Crippen LogP contribution < -0.4 is 11.2 Å². The number of hydrogen-bond acceptors (Lipinski definition) is 7. The van der Waals surface area contributed by atoms with Crippen LogP contribution in [0.3, 0.4) is 0 Å². The van der Waals surface area contributed by atoms with Gasteiger partial charge in [-0.3, -0.25) is 33.3 Å². The molecule has 2 aromatic rings. The summed E-state index contributed by atoms with van der Waals surface area (Å²) in [7, 11) is 5.12. The van der Waals surface area contributed by atoms with Gasteiger partial charge < -0.3 is 9.84 Å². The molecule has 1 N–H and O–H groups in total. The van der Waals surface area contributed by atoms with Crippen LogP contribution in [0.2, 0.25) is 0 Å². The Balaban J connectivity index is 1.88. The van der Waals surface area contributed by atoms with E-state index in [0.717, 1.165) is 18.9 Å². The van der Waals surface area contributed by atoms with Gasteiger partial charge in [0.15, 0.2) is 0 Å². The van der Waals surface area contributed by atoms with E-state index in [9.17, 15) is 29.1 Å². The number of hydrogen-bond donors (Lipinski definition) is 1. The molecule has 2 unspecified atom stereocenters. The molecule has 1 aromatic heterocycles. The number of benzene rings is 1. The van der Waals surface area contributed by atoms with Gasteiger partial charge in [-0.15, -0.1) is 0 Å². The first-order valence-electron chi connectivity index (χ1n) is 9.40. The molecule has 2 aliphatic heterocycles. The van der Waals surface area contributed by atoms with E-state index < -0.39 is 53.1 Å². The highest BCUT2D eigenvalue weighted by atomic mass is 16.5. The van der Waals surface area contributed by atoms with Crippen molar-refractivity contribution in [2.45, 2.75) is 12.2 Å². The molecule has 11 nitrogen and oxygen atoms in total. The number of fused-ring (bicyclic) bond motifs is 1. The average Bonchev–Trinajstić information content (AvgIpc) is 3.13. The van der Waals surface area contributed by atoms with Crippen molar-refractivity contribution < 1.29 is 24.2 Å². The van der Waals surface area contributed by atoms with Gasteiger partial charge in [-0.2, -0.15) is 0 Å². The SMILES string of the molecule is CN1C(=O)C(C2OC(c3c(O)n(C)c(=O)n(C)c3=O)c3ccccc32)C(=O)N(C)C1=O. The van der Waals surface area contributed by atoms with Crippen molar-refractivity contribution in [1.82, 2.24) is 18.9 Å². The van der Waals surface area contributed by atoms with Crippen LogP contribution in [-0.4, -0.2) is 56.0 Å². The normalized spacial score (nSPS) is 21.7. The molecule has 31 heavy (non-hydrogen) atoms. The first-order valence-corrected chi connectivity index (χ1v) is 9.40. The van der Waals surface area contributed by atoms with Crippen LogP contribution in [0.5, 0.6) is 5.88 Å². The number of urea groups is 1. The van der Waals surface area contributed by atoms with Crippen LogP contribution in [0.25, 0.3) is 0 Å². The molecule has 2 atom stereocenters. The number of rotatable bonds is 2. The molecule has 0 spiro atoms. The van der Waals surface area contributed by atoms with Crippen LogP contribution in [0.1, 0.15) is 28.9 Å². The number of amides is 4. The summed E-state index contributed by atoms with van der Waals surface area (Å²) < 4.78 is 7.80. The highest BCUT2D eigenvalue weighted by Gasteiger charge is 2.51. The van der Waals surface area contributed by atoms with Gasteiger partial charge in [0.25, 0.3) is 5.56 Å². The summed E-state index contributed by atoms with van der Waals surface area (Å²) >= 11 is 0. The molecule has 0 saturated carbocycles. The Bertz CT molecular complexity index is 1240. The Hall–Kier alpha value is -3.73. The van der Waals surface area contributed by atoms with Crippen LogP contribution in [0, 0.1) is 5.92 Å². The monoisotopic (exact) mass is 428 g/mol. The zero-order valence-corrected chi connectivity index (χ0v) is 17.2. The fourth-order valence-corrected chi connectivity index (χ4v) is 4.07. The lowest BCUT2D eigenvalue weighted by Gasteiger charge is -2.35. The average molecular weight is 428 g/mol. The lowest BCUT2D eigenvalue weighted by molar-refractivity contribution is -0.155. The Kier molecular flexibility index (Phi) is 4.58. The lowest BCUT2D eigenvalue weighted by Crippen LogP contribution is -2.58. The van der Waals surface area contributed by atoms with Crippen molar-refractivity contribution >= 4 is 17.8 Å². The van der Waals surface area contributed by atoms with Gasteiger partial charge in [-0.1, -0.05) is 24.3 Å². The van der Waals surface area contributed by atoms with Crippen LogP contribution in [0.15, 0.2) is 33.9 Å². The molecule has 2 aliphatic rings. The number of aromatic hydroxyl groups is 1. The molecular weight excluding hydrogens is 408 g/mol. The number of imide groups is 2. The Labute approximate surface area is 175 Å². The van der Waals surface area contributed by atoms with Gasteiger partial charge in [-0.25, -0.2) is 9.59 Å². The number of nitrogens with zero attached hydrogens (tertiary/aromatic N) is 4. The van der Waals surface area contributed by atoms with Crippen molar-refractivity contribution in [3.8, 4) is 5.88 Å². The van der Waals surface area contributed by atoms with Crippen molar-refractivity contribution in [3.63, 3.8) is 0 Å². The highest BCUT2D eigenvalue weighted by Crippen LogP contribution is 2.47.